The van der Waals surface area contributed by atoms with Gasteiger partial charge in [-0.3, -0.25) is 0 Å². The van der Waals surface area contributed by atoms with Gasteiger partial charge in [0.2, 0.25) is 0 Å². The number of rotatable bonds is 7. The predicted octanol–water partition coefficient (Wildman–Crippen LogP) is 2.92. The molecule has 0 spiro atoms. The summed E-state index contributed by atoms with van der Waals surface area (Å²) in [6.07, 6.45) is 2.32. The van der Waals surface area contributed by atoms with Crippen molar-refractivity contribution in [3.05, 3.63) is 48.0 Å². The summed E-state index contributed by atoms with van der Waals surface area (Å²) in [5.74, 6) is 0. The van der Waals surface area contributed by atoms with E-state index in [4.69, 9.17) is 0 Å². The van der Waals surface area contributed by atoms with E-state index < -0.39 is 0 Å². The lowest BCUT2D eigenvalue weighted by molar-refractivity contribution is 0.395. The van der Waals surface area contributed by atoms with Crippen LogP contribution in [0.25, 0.3) is 10.8 Å². The molecule has 0 heterocycles. The lowest BCUT2D eigenvalue weighted by Gasteiger charge is -2.10. The van der Waals surface area contributed by atoms with E-state index in [0.717, 1.165) is 26.1 Å². The van der Waals surface area contributed by atoms with Gasteiger partial charge in [-0.1, -0.05) is 42.5 Å². The predicted molar refractivity (Wildman–Crippen MR) is 83.7 cm³/mol. The van der Waals surface area contributed by atoms with Crippen LogP contribution < -0.4 is 5.32 Å². The van der Waals surface area contributed by atoms with Crippen molar-refractivity contribution in [1.29, 1.82) is 0 Å². The molecule has 0 atom stereocenters. The van der Waals surface area contributed by atoms with Gasteiger partial charge in [0.1, 0.15) is 0 Å². The molecule has 0 unspecified atom stereocenters. The molecule has 0 saturated heterocycles. The molecule has 0 fully saturated rings. The van der Waals surface area contributed by atoms with Crippen LogP contribution >= 0.6 is 0 Å². The molecule has 0 aromatic heterocycles. The van der Waals surface area contributed by atoms with Gasteiger partial charge in [0.05, 0.1) is 0 Å². The zero-order valence-electron chi connectivity index (χ0n) is 12.0. The van der Waals surface area contributed by atoms with Gasteiger partial charge in [-0.15, -0.1) is 0 Å². The minimum atomic E-state index is 1.06. The lowest BCUT2D eigenvalue weighted by atomic mass is 10.1. The molecule has 0 aliphatic heterocycles. The summed E-state index contributed by atoms with van der Waals surface area (Å²) in [5, 5.41) is 6.18. The van der Waals surface area contributed by atoms with Gasteiger partial charge in [-0.05, 0) is 62.9 Å². The van der Waals surface area contributed by atoms with Gasteiger partial charge in [-0.2, -0.15) is 0 Å². The number of hydrogen-bond acceptors (Lipinski definition) is 2. The monoisotopic (exact) mass is 256 g/mol. The second-order valence-corrected chi connectivity index (χ2v) is 5.34. The van der Waals surface area contributed by atoms with Crippen LogP contribution in [0.2, 0.25) is 0 Å². The van der Waals surface area contributed by atoms with Crippen molar-refractivity contribution in [1.82, 2.24) is 10.2 Å². The number of hydrogen-bond donors (Lipinski definition) is 1. The van der Waals surface area contributed by atoms with Crippen molar-refractivity contribution in [2.75, 3.05) is 33.7 Å². The average molecular weight is 256 g/mol. The Morgan fingerprint density at radius 1 is 0.947 bits per heavy atom. The maximum absolute atomic E-state index is 3.51. The van der Waals surface area contributed by atoms with Crippen LogP contribution in [-0.4, -0.2) is 38.6 Å². The van der Waals surface area contributed by atoms with E-state index in [-0.39, 0.29) is 0 Å². The Balaban J connectivity index is 1.75. The van der Waals surface area contributed by atoms with Crippen molar-refractivity contribution in [3.63, 3.8) is 0 Å². The molecule has 2 aromatic rings. The van der Waals surface area contributed by atoms with E-state index in [1.165, 1.54) is 22.8 Å². The van der Waals surface area contributed by atoms with Crippen LogP contribution in [-0.2, 0) is 6.42 Å². The van der Waals surface area contributed by atoms with E-state index in [2.05, 4.69) is 66.8 Å². The van der Waals surface area contributed by atoms with Gasteiger partial charge >= 0.3 is 0 Å². The summed E-state index contributed by atoms with van der Waals surface area (Å²) in [6, 6.07) is 15.3. The molecule has 0 saturated carbocycles. The standard InChI is InChI=1S/C17H24N2/c1-19(2)13-5-11-18-12-10-15-8-9-16-6-3-4-7-17(16)14-15/h3-4,6-9,14,18H,5,10-13H2,1-2H3. The summed E-state index contributed by atoms with van der Waals surface area (Å²) < 4.78 is 0. The number of nitrogens with one attached hydrogen (secondary N) is 1. The Bertz CT molecular complexity index is 505. The maximum atomic E-state index is 3.51. The maximum Gasteiger partial charge on any atom is -0.000834 e. The molecule has 0 amide bonds. The molecule has 0 aliphatic rings. The lowest BCUT2D eigenvalue weighted by Crippen LogP contribution is -2.23. The Morgan fingerprint density at radius 2 is 1.74 bits per heavy atom. The minimum absolute atomic E-state index is 1.06. The topological polar surface area (TPSA) is 15.3 Å². The molecule has 19 heavy (non-hydrogen) atoms. The normalized spacial score (nSPS) is 11.3. The number of benzene rings is 2. The minimum Gasteiger partial charge on any atom is -0.316 e. The van der Waals surface area contributed by atoms with E-state index in [9.17, 15) is 0 Å². The van der Waals surface area contributed by atoms with Gasteiger partial charge in [0, 0.05) is 0 Å². The fourth-order valence-electron chi connectivity index (χ4n) is 2.27. The molecule has 2 nitrogen and oxygen atoms in total. The summed E-state index contributed by atoms with van der Waals surface area (Å²) in [4.78, 5) is 2.23. The highest BCUT2D eigenvalue weighted by atomic mass is 15.0. The van der Waals surface area contributed by atoms with E-state index in [1.54, 1.807) is 0 Å². The zero-order chi connectivity index (χ0) is 13.5. The fourth-order valence-corrected chi connectivity index (χ4v) is 2.27. The summed E-state index contributed by atoms with van der Waals surface area (Å²) in [6.45, 7) is 3.32. The second-order valence-electron chi connectivity index (χ2n) is 5.34. The molecule has 0 bridgehead atoms. The van der Waals surface area contributed by atoms with E-state index in [1.807, 2.05) is 0 Å². The molecule has 102 valence electrons. The van der Waals surface area contributed by atoms with Crippen molar-refractivity contribution < 1.29 is 0 Å². The van der Waals surface area contributed by atoms with Crippen LogP contribution in [0.15, 0.2) is 42.5 Å². The van der Waals surface area contributed by atoms with Crippen molar-refractivity contribution >= 4 is 10.8 Å². The van der Waals surface area contributed by atoms with Crippen molar-refractivity contribution in [3.8, 4) is 0 Å². The first-order valence-corrected chi connectivity index (χ1v) is 7.09. The molecular formula is C17H24N2. The van der Waals surface area contributed by atoms with Gasteiger partial charge in [0.25, 0.3) is 0 Å². The molecule has 2 rings (SSSR count). The smallest absolute Gasteiger partial charge is 0.000834 e. The molecular weight excluding hydrogens is 232 g/mol. The highest BCUT2D eigenvalue weighted by molar-refractivity contribution is 5.82. The van der Waals surface area contributed by atoms with Crippen LogP contribution in [0.3, 0.4) is 0 Å². The zero-order valence-corrected chi connectivity index (χ0v) is 12.0. The Kier molecular flexibility index (Phi) is 5.37. The quantitative estimate of drug-likeness (QED) is 0.766. The Morgan fingerprint density at radius 3 is 2.53 bits per heavy atom. The highest BCUT2D eigenvalue weighted by Crippen LogP contribution is 2.15. The Hall–Kier alpha value is -1.38. The van der Waals surface area contributed by atoms with Crippen LogP contribution in [0.4, 0.5) is 0 Å². The SMILES string of the molecule is CN(C)CCCNCCc1ccc2ccccc2c1. The third-order valence-electron chi connectivity index (χ3n) is 3.36. The highest BCUT2D eigenvalue weighted by Gasteiger charge is 1.96. The van der Waals surface area contributed by atoms with Crippen LogP contribution in [0.5, 0.6) is 0 Å². The van der Waals surface area contributed by atoms with E-state index in [0.29, 0.717) is 0 Å². The summed E-state index contributed by atoms with van der Waals surface area (Å²) >= 11 is 0. The van der Waals surface area contributed by atoms with Crippen LogP contribution in [0.1, 0.15) is 12.0 Å². The average Bonchev–Trinajstić information content (AvgIpc) is 2.42. The Labute approximate surface area is 116 Å². The number of fused-ring (bicyclic) bond motifs is 1. The van der Waals surface area contributed by atoms with Crippen LogP contribution in [0, 0.1) is 0 Å². The molecule has 0 radical (unpaired) electrons. The number of nitrogens with zero attached hydrogens (tertiary/aromatic N) is 1. The largest absolute Gasteiger partial charge is 0.316 e. The summed E-state index contributed by atoms with van der Waals surface area (Å²) in [7, 11) is 4.24. The molecule has 2 aromatic carbocycles. The first-order valence-electron chi connectivity index (χ1n) is 7.09. The third kappa shape index (κ3) is 4.66. The van der Waals surface area contributed by atoms with Gasteiger partial charge in [0.15, 0.2) is 0 Å². The van der Waals surface area contributed by atoms with Gasteiger partial charge in [-0.25, -0.2) is 0 Å². The van der Waals surface area contributed by atoms with Crippen molar-refractivity contribution in [2.24, 2.45) is 0 Å². The molecule has 2 heteroatoms. The third-order valence-corrected chi connectivity index (χ3v) is 3.36. The molecule has 1 N–H and O–H groups in total. The summed E-state index contributed by atoms with van der Waals surface area (Å²) in [5.41, 5.74) is 1.42. The fraction of sp³-hybridized carbons (Fsp3) is 0.412. The second kappa shape index (κ2) is 7.27. The first-order chi connectivity index (χ1) is 9.25. The van der Waals surface area contributed by atoms with Gasteiger partial charge < -0.3 is 10.2 Å². The van der Waals surface area contributed by atoms with E-state index >= 15 is 0 Å². The molecule has 0 aliphatic carbocycles. The first kappa shape index (κ1) is 14.0. The van der Waals surface area contributed by atoms with Crippen molar-refractivity contribution in [2.45, 2.75) is 12.8 Å².